The zero-order valence-electron chi connectivity index (χ0n) is 15.1. The van der Waals surface area contributed by atoms with Gasteiger partial charge in [-0.2, -0.15) is 0 Å². The molecule has 4 heterocycles. The third-order valence-corrected chi connectivity index (χ3v) is 3.89. The van der Waals surface area contributed by atoms with E-state index in [0.717, 1.165) is 25.3 Å². The van der Waals surface area contributed by atoms with Gasteiger partial charge in [0, 0.05) is 43.7 Å². The lowest BCUT2D eigenvalue weighted by atomic mass is 10.2. The Morgan fingerprint density at radius 1 is 0.962 bits per heavy atom. The average Bonchev–Trinajstić information content (AvgIpc) is 3.29. The number of nitrogens with zero attached hydrogens (tertiary/aromatic N) is 3. The maximum absolute atomic E-state index is 5.38. The summed E-state index contributed by atoms with van der Waals surface area (Å²) in [6.07, 6.45) is 5.33. The first-order chi connectivity index (χ1) is 11.7. The molecule has 0 bridgehead atoms. The minimum Gasteiger partial charge on any atom is -0.378 e. The second kappa shape index (κ2) is 12.1. The highest BCUT2D eigenvalue weighted by Gasteiger charge is 2.23. The van der Waals surface area contributed by atoms with Crippen LogP contribution in [0.15, 0.2) is 28.5 Å². The highest BCUT2D eigenvalue weighted by atomic mass is 127. The van der Waals surface area contributed by atoms with Crippen molar-refractivity contribution >= 4 is 42.7 Å². The SMILES string of the molecule is CN1C=NC=C(C2OCCO2)C1.CN1CNC=C(C2OCCO2)C1.Cl.I. The van der Waals surface area contributed by atoms with Gasteiger partial charge in [-0.3, -0.25) is 4.90 Å². The van der Waals surface area contributed by atoms with E-state index < -0.39 is 0 Å². The minimum absolute atomic E-state index is 0. The van der Waals surface area contributed by atoms with Crippen LogP contribution in [0.2, 0.25) is 0 Å². The molecule has 150 valence electrons. The van der Waals surface area contributed by atoms with E-state index in [2.05, 4.69) is 22.3 Å². The molecule has 10 heteroatoms. The molecular formula is C16H28ClIN4O4. The average molecular weight is 503 g/mol. The van der Waals surface area contributed by atoms with Crippen LogP contribution in [-0.4, -0.2) is 89.0 Å². The van der Waals surface area contributed by atoms with Crippen molar-refractivity contribution in [1.29, 1.82) is 0 Å². The summed E-state index contributed by atoms with van der Waals surface area (Å²) in [5.41, 5.74) is 2.28. The molecule has 0 atom stereocenters. The zero-order chi connectivity index (χ0) is 16.8. The van der Waals surface area contributed by atoms with Crippen molar-refractivity contribution in [3.8, 4) is 0 Å². The van der Waals surface area contributed by atoms with Gasteiger partial charge in [-0.1, -0.05) is 0 Å². The van der Waals surface area contributed by atoms with Crippen LogP contribution in [0.5, 0.6) is 0 Å². The third-order valence-electron chi connectivity index (χ3n) is 3.89. The normalized spacial score (nSPS) is 23.8. The van der Waals surface area contributed by atoms with Crippen molar-refractivity contribution in [3.63, 3.8) is 0 Å². The lowest BCUT2D eigenvalue weighted by Crippen LogP contribution is -2.38. The quantitative estimate of drug-likeness (QED) is 0.565. The second-order valence-corrected chi connectivity index (χ2v) is 6.13. The van der Waals surface area contributed by atoms with Crippen molar-refractivity contribution in [1.82, 2.24) is 15.1 Å². The maximum Gasteiger partial charge on any atom is 0.183 e. The molecule has 0 saturated carbocycles. The molecule has 0 unspecified atom stereocenters. The van der Waals surface area contributed by atoms with E-state index in [-0.39, 0.29) is 49.0 Å². The monoisotopic (exact) mass is 502 g/mol. The van der Waals surface area contributed by atoms with Crippen molar-refractivity contribution < 1.29 is 18.9 Å². The number of aliphatic imine (C=N–C) groups is 1. The predicted molar refractivity (Wildman–Crippen MR) is 112 cm³/mol. The molecular weight excluding hydrogens is 475 g/mol. The Bertz CT molecular complexity index is 508. The highest BCUT2D eigenvalue weighted by Crippen LogP contribution is 2.16. The van der Waals surface area contributed by atoms with Crippen LogP contribution in [0.3, 0.4) is 0 Å². The lowest BCUT2D eigenvalue weighted by Gasteiger charge is -2.26. The van der Waals surface area contributed by atoms with Gasteiger partial charge in [0.2, 0.25) is 0 Å². The fraction of sp³-hybridized carbons (Fsp3) is 0.688. The molecule has 2 saturated heterocycles. The molecule has 4 aliphatic rings. The van der Waals surface area contributed by atoms with Crippen molar-refractivity contribution in [2.24, 2.45) is 4.99 Å². The third kappa shape index (κ3) is 6.95. The van der Waals surface area contributed by atoms with E-state index in [1.165, 1.54) is 5.57 Å². The molecule has 4 rings (SSSR count). The van der Waals surface area contributed by atoms with Gasteiger partial charge in [-0.25, -0.2) is 4.99 Å². The van der Waals surface area contributed by atoms with E-state index in [1.807, 2.05) is 24.3 Å². The first kappa shape index (κ1) is 23.6. The van der Waals surface area contributed by atoms with Crippen LogP contribution in [0.1, 0.15) is 0 Å². The molecule has 0 aromatic heterocycles. The van der Waals surface area contributed by atoms with Crippen LogP contribution in [-0.2, 0) is 18.9 Å². The van der Waals surface area contributed by atoms with Gasteiger partial charge in [0.25, 0.3) is 0 Å². The van der Waals surface area contributed by atoms with Crippen LogP contribution in [0, 0.1) is 0 Å². The van der Waals surface area contributed by atoms with Crippen LogP contribution < -0.4 is 5.32 Å². The summed E-state index contributed by atoms with van der Waals surface area (Å²) in [6.45, 7) is 5.48. The number of nitrogens with one attached hydrogen (secondary N) is 1. The lowest BCUT2D eigenvalue weighted by molar-refractivity contribution is -0.0172. The summed E-state index contributed by atoms with van der Waals surface area (Å²) < 4.78 is 21.5. The summed E-state index contributed by atoms with van der Waals surface area (Å²) in [5.74, 6) is 0. The Hall–Kier alpha value is -0.430. The Morgan fingerprint density at radius 2 is 1.54 bits per heavy atom. The fourth-order valence-electron chi connectivity index (χ4n) is 2.78. The number of hydrogen-bond acceptors (Lipinski definition) is 8. The fourth-order valence-corrected chi connectivity index (χ4v) is 2.78. The van der Waals surface area contributed by atoms with Crippen LogP contribution >= 0.6 is 36.4 Å². The predicted octanol–water partition coefficient (Wildman–Crippen LogP) is 0.992. The summed E-state index contributed by atoms with van der Waals surface area (Å²) in [7, 11) is 4.04. The first-order valence-corrected chi connectivity index (χ1v) is 8.22. The van der Waals surface area contributed by atoms with Crippen molar-refractivity contribution in [3.05, 3.63) is 23.5 Å². The molecule has 2 fully saturated rings. The molecule has 8 nitrogen and oxygen atoms in total. The summed E-state index contributed by atoms with van der Waals surface area (Å²) >= 11 is 0. The van der Waals surface area contributed by atoms with Gasteiger partial charge < -0.3 is 29.2 Å². The van der Waals surface area contributed by atoms with Crippen molar-refractivity contribution in [2.75, 3.05) is 60.3 Å². The maximum atomic E-state index is 5.38. The molecule has 0 aromatic rings. The minimum atomic E-state index is -0.162. The Kier molecular flexibility index (Phi) is 11.0. The van der Waals surface area contributed by atoms with Gasteiger partial charge in [-0.05, 0) is 7.05 Å². The van der Waals surface area contributed by atoms with Crippen molar-refractivity contribution in [2.45, 2.75) is 12.6 Å². The van der Waals surface area contributed by atoms with Gasteiger partial charge in [-0.15, -0.1) is 36.4 Å². The standard InChI is InChI=1S/C8H14N2O2.C8H12N2O2.ClH.HI/c2*1-10-5-7(4-9-6-10)8-11-2-3-12-8;;/h4,8-9H,2-3,5-6H2,1H3;4,6,8H,2-3,5H2,1H3;2*1H. The van der Waals surface area contributed by atoms with Crippen LogP contribution in [0.25, 0.3) is 0 Å². The summed E-state index contributed by atoms with van der Waals surface area (Å²) in [5, 5.41) is 3.17. The molecule has 0 radical (unpaired) electrons. The molecule has 1 N–H and O–H groups in total. The number of likely N-dealkylation sites (N-methyl/N-ethyl adjacent to an activating group) is 2. The van der Waals surface area contributed by atoms with E-state index in [0.29, 0.717) is 26.4 Å². The molecule has 0 aliphatic carbocycles. The zero-order valence-corrected chi connectivity index (χ0v) is 18.3. The molecule has 4 aliphatic heterocycles. The molecule has 0 aromatic carbocycles. The van der Waals surface area contributed by atoms with E-state index in [4.69, 9.17) is 18.9 Å². The number of ether oxygens (including phenoxy) is 4. The topological polar surface area (TPSA) is 67.8 Å². The largest absolute Gasteiger partial charge is 0.378 e. The van der Waals surface area contributed by atoms with Crippen LogP contribution in [0.4, 0.5) is 0 Å². The molecule has 0 spiro atoms. The highest BCUT2D eigenvalue weighted by molar-refractivity contribution is 14.0. The first-order valence-electron chi connectivity index (χ1n) is 8.22. The van der Waals surface area contributed by atoms with Gasteiger partial charge in [0.1, 0.15) is 0 Å². The smallest absolute Gasteiger partial charge is 0.183 e. The molecule has 0 amide bonds. The van der Waals surface area contributed by atoms with E-state index in [1.54, 1.807) is 6.34 Å². The van der Waals surface area contributed by atoms with Gasteiger partial charge in [0.15, 0.2) is 12.6 Å². The number of halogens is 2. The molecule has 26 heavy (non-hydrogen) atoms. The Balaban J connectivity index is 0.000000241. The van der Waals surface area contributed by atoms with Gasteiger partial charge >= 0.3 is 0 Å². The summed E-state index contributed by atoms with van der Waals surface area (Å²) in [4.78, 5) is 8.24. The van der Waals surface area contributed by atoms with Gasteiger partial charge in [0.05, 0.1) is 39.4 Å². The van der Waals surface area contributed by atoms with E-state index >= 15 is 0 Å². The second-order valence-electron chi connectivity index (χ2n) is 6.13. The summed E-state index contributed by atoms with van der Waals surface area (Å²) in [6, 6.07) is 0. The Labute approximate surface area is 178 Å². The number of rotatable bonds is 2. The van der Waals surface area contributed by atoms with E-state index in [9.17, 15) is 0 Å². The number of hydrogen-bond donors (Lipinski definition) is 1. The Morgan fingerprint density at radius 3 is 2.08 bits per heavy atom.